The van der Waals surface area contributed by atoms with Gasteiger partial charge in [-0.1, -0.05) is 30.1 Å². The van der Waals surface area contributed by atoms with Crippen molar-refractivity contribution in [3.05, 3.63) is 33.8 Å². The second kappa shape index (κ2) is 7.65. The number of nitrogens with zero attached hydrogens (tertiary/aromatic N) is 1. The standard InChI is InChI=1S/C16H24Cl2N2/c1-3-19-11-13-6-8-20(9-7-13)12(2)15-10-14(17)4-5-16(15)18/h4-5,10,12-13,19H,3,6-9,11H2,1-2H3. The maximum atomic E-state index is 6.31. The van der Waals surface area contributed by atoms with Gasteiger partial charge < -0.3 is 5.32 Å². The minimum atomic E-state index is 0.335. The molecule has 1 unspecified atom stereocenters. The molecule has 4 heteroatoms. The van der Waals surface area contributed by atoms with Crippen molar-refractivity contribution in [2.24, 2.45) is 5.92 Å². The number of piperidine rings is 1. The van der Waals surface area contributed by atoms with Gasteiger partial charge in [-0.3, -0.25) is 4.90 Å². The van der Waals surface area contributed by atoms with E-state index in [-0.39, 0.29) is 0 Å². The summed E-state index contributed by atoms with van der Waals surface area (Å²) in [6.07, 6.45) is 2.52. The van der Waals surface area contributed by atoms with Crippen molar-refractivity contribution in [1.82, 2.24) is 10.2 Å². The van der Waals surface area contributed by atoms with E-state index < -0.39 is 0 Å². The summed E-state index contributed by atoms with van der Waals surface area (Å²) in [5.41, 5.74) is 1.14. The Morgan fingerprint density at radius 3 is 2.65 bits per heavy atom. The van der Waals surface area contributed by atoms with Crippen LogP contribution in [0.15, 0.2) is 18.2 Å². The predicted molar refractivity (Wildman–Crippen MR) is 87.7 cm³/mol. The van der Waals surface area contributed by atoms with Gasteiger partial charge in [0.05, 0.1) is 0 Å². The van der Waals surface area contributed by atoms with E-state index in [0.29, 0.717) is 6.04 Å². The van der Waals surface area contributed by atoms with Crippen molar-refractivity contribution in [1.29, 1.82) is 0 Å². The fourth-order valence-corrected chi connectivity index (χ4v) is 3.38. The first-order valence-corrected chi connectivity index (χ1v) is 8.27. The second-order valence-corrected chi connectivity index (χ2v) is 6.47. The highest BCUT2D eigenvalue weighted by Gasteiger charge is 2.24. The number of hydrogen-bond donors (Lipinski definition) is 1. The van der Waals surface area contributed by atoms with Gasteiger partial charge in [0.2, 0.25) is 0 Å². The summed E-state index contributed by atoms with van der Waals surface area (Å²) >= 11 is 12.4. The Morgan fingerprint density at radius 2 is 2.00 bits per heavy atom. The van der Waals surface area contributed by atoms with Crippen LogP contribution in [0.25, 0.3) is 0 Å². The van der Waals surface area contributed by atoms with Crippen molar-refractivity contribution in [2.75, 3.05) is 26.2 Å². The highest BCUT2D eigenvalue weighted by Crippen LogP contribution is 2.32. The third-order valence-electron chi connectivity index (χ3n) is 4.29. The van der Waals surface area contributed by atoms with Crippen molar-refractivity contribution >= 4 is 23.2 Å². The van der Waals surface area contributed by atoms with Crippen LogP contribution in [0.4, 0.5) is 0 Å². The van der Waals surface area contributed by atoms with Gasteiger partial charge in [-0.25, -0.2) is 0 Å². The molecule has 1 aliphatic heterocycles. The molecule has 1 heterocycles. The summed E-state index contributed by atoms with van der Waals surface area (Å²) in [6, 6.07) is 6.08. The summed E-state index contributed by atoms with van der Waals surface area (Å²) in [5, 5.41) is 5.03. The topological polar surface area (TPSA) is 15.3 Å². The minimum Gasteiger partial charge on any atom is -0.317 e. The van der Waals surface area contributed by atoms with Gasteiger partial charge in [-0.15, -0.1) is 0 Å². The molecule has 20 heavy (non-hydrogen) atoms. The van der Waals surface area contributed by atoms with Crippen molar-refractivity contribution in [3.63, 3.8) is 0 Å². The lowest BCUT2D eigenvalue weighted by Crippen LogP contribution is -2.38. The summed E-state index contributed by atoms with van der Waals surface area (Å²) in [7, 11) is 0. The number of hydrogen-bond acceptors (Lipinski definition) is 2. The van der Waals surface area contributed by atoms with E-state index in [1.807, 2.05) is 18.2 Å². The molecule has 0 aliphatic carbocycles. The lowest BCUT2D eigenvalue weighted by atomic mass is 9.94. The first-order valence-electron chi connectivity index (χ1n) is 7.51. The molecule has 0 radical (unpaired) electrons. The van der Waals surface area contributed by atoms with Crippen molar-refractivity contribution in [2.45, 2.75) is 32.7 Å². The fraction of sp³-hybridized carbons (Fsp3) is 0.625. The molecule has 0 aromatic heterocycles. The summed E-state index contributed by atoms with van der Waals surface area (Å²) in [5.74, 6) is 0.813. The van der Waals surface area contributed by atoms with E-state index >= 15 is 0 Å². The Hall–Kier alpha value is -0.280. The zero-order valence-corrected chi connectivity index (χ0v) is 13.8. The fourth-order valence-electron chi connectivity index (χ4n) is 2.92. The molecule has 112 valence electrons. The minimum absolute atomic E-state index is 0.335. The molecule has 1 aromatic rings. The number of nitrogens with one attached hydrogen (secondary N) is 1. The molecule has 0 amide bonds. The number of likely N-dealkylation sites (tertiary alicyclic amines) is 1. The van der Waals surface area contributed by atoms with Crippen LogP contribution in [0.2, 0.25) is 10.0 Å². The highest BCUT2D eigenvalue weighted by molar-refractivity contribution is 6.33. The third-order valence-corrected chi connectivity index (χ3v) is 4.87. The Kier molecular flexibility index (Phi) is 6.16. The summed E-state index contributed by atoms with van der Waals surface area (Å²) in [6.45, 7) is 8.88. The van der Waals surface area contributed by atoms with Crippen LogP contribution >= 0.6 is 23.2 Å². The molecule has 0 spiro atoms. The molecule has 2 nitrogen and oxygen atoms in total. The summed E-state index contributed by atoms with van der Waals surface area (Å²) < 4.78 is 0. The average Bonchev–Trinajstić information content (AvgIpc) is 2.47. The average molecular weight is 315 g/mol. The largest absolute Gasteiger partial charge is 0.317 e. The quantitative estimate of drug-likeness (QED) is 0.867. The molecule has 1 N–H and O–H groups in total. The van der Waals surface area contributed by atoms with E-state index in [2.05, 4.69) is 24.1 Å². The second-order valence-electron chi connectivity index (χ2n) is 5.63. The number of halogens is 2. The Morgan fingerprint density at radius 1 is 1.30 bits per heavy atom. The van der Waals surface area contributed by atoms with Crippen LogP contribution < -0.4 is 5.32 Å². The zero-order chi connectivity index (χ0) is 14.5. The van der Waals surface area contributed by atoms with Gasteiger partial charge in [0, 0.05) is 16.1 Å². The van der Waals surface area contributed by atoms with E-state index in [1.165, 1.54) is 12.8 Å². The molecule has 0 saturated carbocycles. The van der Waals surface area contributed by atoms with Crippen LogP contribution in [0, 0.1) is 5.92 Å². The molecule has 1 saturated heterocycles. The first-order chi connectivity index (χ1) is 9.61. The van der Waals surface area contributed by atoms with Gasteiger partial charge in [0.15, 0.2) is 0 Å². The van der Waals surface area contributed by atoms with Crippen molar-refractivity contribution in [3.8, 4) is 0 Å². The van der Waals surface area contributed by atoms with Crippen molar-refractivity contribution < 1.29 is 0 Å². The van der Waals surface area contributed by atoms with Gasteiger partial charge in [-0.2, -0.15) is 0 Å². The van der Waals surface area contributed by atoms with Gasteiger partial charge in [-0.05, 0) is 75.6 Å². The molecule has 1 atom stereocenters. The normalized spacial score (nSPS) is 19.2. The lowest BCUT2D eigenvalue weighted by molar-refractivity contribution is 0.140. The van der Waals surface area contributed by atoms with E-state index in [0.717, 1.165) is 47.7 Å². The zero-order valence-electron chi connectivity index (χ0n) is 12.3. The Balaban J connectivity index is 1.94. The van der Waals surface area contributed by atoms with E-state index in [4.69, 9.17) is 23.2 Å². The molecular formula is C16H24Cl2N2. The van der Waals surface area contributed by atoms with Gasteiger partial charge >= 0.3 is 0 Å². The lowest BCUT2D eigenvalue weighted by Gasteiger charge is -2.36. The van der Waals surface area contributed by atoms with Crippen LogP contribution in [-0.2, 0) is 0 Å². The maximum Gasteiger partial charge on any atom is 0.0454 e. The van der Waals surface area contributed by atoms with E-state index in [1.54, 1.807) is 0 Å². The van der Waals surface area contributed by atoms with Crippen LogP contribution in [0.5, 0.6) is 0 Å². The third kappa shape index (κ3) is 4.11. The molecule has 2 rings (SSSR count). The summed E-state index contributed by atoms with van der Waals surface area (Å²) in [4.78, 5) is 2.51. The smallest absolute Gasteiger partial charge is 0.0454 e. The predicted octanol–water partition coefficient (Wildman–Crippen LogP) is 4.38. The molecule has 1 aliphatic rings. The maximum absolute atomic E-state index is 6.31. The Bertz CT molecular complexity index is 428. The SMILES string of the molecule is CCNCC1CCN(C(C)c2cc(Cl)ccc2Cl)CC1. The highest BCUT2D eigenvalue weighted by atomic mass is 35.5. The molecular weight excluding hydrogens is 291 g/mol. The van der Waals surface area contributed by atoms with Gasteiger partial charge in [0.1, 0.15) is 0 Å². The molecule has 1 fully saturated rings. The number of rotatable bonds is 5. The van der Waals surface area contributed by atoms with Crippen LogP contribution in [0.3, 0.4) is 0 Å². The Labute approximate surface area is 132 Å². The molecule has 0 bridgehead atoms. The number of benzene rings is 1. The monoisotopic (exact) mass is 314 g/mol. The van der Waals surface area contributed by atoms with Crippen LogP contribution in [-0.4, -0.2) is 31.1 Å². The van der Waals surface area contributed by atoms with Gasteiger partial charge in [0.25, 0.3) is 0 Å². The van der Waals surface area contributed by atoms with Crippen LogP contribution in [0.1, 0.15) is 38.3 Å². The molecule has 1 aromatic carbocycles. The first kappa shape index (κ1) is 16.1. The van der Waals surface area contributed by atoms with E-state index in [9.17, 15) is 0 Å².